The van der Waals surface area contributed by atoms with Gasteiger partial charge in [-0.1, -0.05) is 12.1 Å². The molecule has 0 bridgehead atoms. The monoisotopic (exact) mass is 236 g/mol. The molecule has 0 spiro atoms. The van der Waals surface area contributed by atoms with E-state index in [1.807, 2.05) is 6.07 Å². The van der Waals surface area contributed by atoms with Gasteiger partial charge < -0.3 is 5.73 Å². The molecule has 1 aromatic rings. The predicted octanol–water partition coefficient (Wildman–Crippen LogP) is 2.70. The Bertz CT molecular complexity index is 390. The molecule has 1 atom stereocenters. The van der Waals surface area contributed by atoms with Gasteiger partial charge in [0.05, 0.1) is 0 Å². The predicted molar refractivity (Wildman–Crippen MR) is 68.2 cm³/mol. The van der Waals surface area contributed by atoms with Crippen LogP contribution in [-0.4, -0.2) is 23.5 Å². The van der Waals surface area contributed by atoms with Gasteiger partial charge in [0.1, 0.15) is 5.82 Å². The van der Waals surface area contributed by atoms with E-state index in [-0.39, 0.29) is 17.4 Å². The summed E-state index contributed by atoms with van der Waals surface area (Å²) in [4.78, 5) is 2.41. The van der Waals surface area contributed by atoms with Crippen LogP contribution in [-0.2, 0) is 0 Å². The molecule has 2 rings (SSSR count). The Morgan fingerprint density at radius 3 is 2.82 bits per heavy atom. The second-order valence-corrected chi connectivity index (χ2v) is 5.52. The van der Waals surface area contributed by atoms with E-state index in [0.717, 1.165) is 18.7 Å². The van der Waals surface area contributed by atoms with Crippen LogP contribution < -0.4 is 5.73 Å². The highest BCUT2D eigenvalue weighted by Gasteiger charge is 2.32. The van der Waals surface area contributed by atoms with E-state index in [1.54, 1.807) is 6.07 Å². The first-order chi connectivity index (χ1) is 7.99. The summed E-state index contributed by atoms with van der Waals surface area (Å²) in [6.45, 7) is 6.39. The summed E-state index contributed by atoms with van der Waals surface area (Å²) in [7, 11) is 0. The second-order valence-electron chi connectivity index (χ2n) is 5.52. The van der Waals surface area contributed by atoms with Crippen molar-refractivity contribution in [3.05, 3.63) is 35.6 Å². The fourth-order valence-electron chi connectivity index (χ4n) is 2.58. The van der Waals surface area contributed by atoms with Gasteiger partial charge >= 0.3 is 0 Å². The van der Waals surface area contributed by atoms with Crippen LogP contribution >= 0.6 is 0 Å². The van der Waals surface area contributed by atoms with Crippen molar-refractivity contribution >= 4 is 0 Å². The van der Waals surface area contributed by atoms with Crippen molar-refractivity contribution in [2.45, 2.75) is 38.3 Å². The Morgan fingerprint density at radius 2 is 2.24 bits per heavy atom. The zero-order chi connectivity index (χ0) is 12.5. The molecule has 1 aliphatic rings. The molecule has 2 nitrogen and oxygen atoms in total. The van der Waals surface area contributed by atoms with Crippen LogP contribution in [0, 0.1) is 5.82 Å². The quantitative estimate of drug-likeness (QED) is 0.874. The van der Waals surface area contributed by atoms with Gasteiger partial charge in [-0.05, 0) is 50.9 Å². The molecule has 1 aromatic carbocycles. The van der Waals surface area contributed by atoms with Gasteiger partial charge in [0.25, 0.3) is 0 Å². The Hall–Kier alpha value is -0.930. The summed E-state index contributed by atoms with van der Waals surface area (Å²) in [6.07, 6.45) is 2.44. The maximum absolute atomic E-state index is 13.1. The van der Waals surface area contributed by atoms with Gasteiger partial charge in [-0.3, -0.25) is 4.90 Å². The van der Waals surface area contributed by atoms with Gasteiger partial charge in [0.2, 0.25) is 0 Å². The minimum Gasteiger partial charge on any atom is -0.323 e. The summed E-state index contributed by atoms with van der Waals surface area (Å²) < 4.78 is 13.1. The highest BCUT2D eigenvalue weighted by Crippen LogP contribution is 2.29. The largest absolute Gasteiger partial charge is 0.323 e. The first-order valence-electron chi connectivity index (χ1n) is 6.25. The lowest BCUT2D eigenvalue weighted by Gasteiger charge is -2.33. The lowest BCUT2D eigenvalue weighted by atomic mass is 10.0. The summed E-state index contributed by atoms with van der Waals surface area (Å²) in [5, 5.41) is 0. The minimum absolute atomic E-state index is 0.108. The number of hydrogen-bond donors (Lipinski definition) is 1. The van der Waals surface area contributed by atoms with Crippen molar-refractivity contribution in [3.63, 3.8) is 0 Å². The number of benzene rings is 1. The van der Waals surface area contributed by atoms with Crippen molar-refractivity contribution in [1.29, 1.82) is 0 Å². The van der Waals surface area contributed by atoms with Gasteiger partial charge in [-0.2, -0.15) is 0 Å². The van der Waals surface area contributed by atoms with E-state index in [1.165, 1.54) is 25.0 Å². The SMILES string of the molecule is CC1(C)CCCN1CC(N)c1cccc(F)c1. The molecule has 0 amide bonds. The molecule has 0 saturated carbocycles. The highest BCUT2D eigenvalue weighted by atomic mass is 19.1. The van der Waals surface area contributed by atoms with Gasteiger partial charge in [-0.15, -0.1) is 0 Å². The van der Waals surface area contributed by atoms with Crippen molar-refractivity contribution < 1.29 is 4.39 Å². The van der Waals surface area contributed by atoms with Crippen molar-refractivity contribution in [1.82, 2.24) is 4.90 Å². The smallest absolute Gasteiger partial charge is 0.123 e. The molecule has 1 saturated heterocycles. The van der Waals surface area contributed by atoms with E-state index in [9.17, 15) is 4.39 Å². The summed E-state index contributed by atoms with van der Waals surface area (Å²) >= 11 is 0. The Morgan fingerprint density at radius 1 is 1.47 bits per heavy atom. The number of nitrogens with zero attached hydrogens (tertiary/aromatic N) is 1. The lowest BCUT2D eigenvalue weighted by molar-refractivity contribution is 0.165. The van der Waals surface area contributed by atoms with Crippen LogP contribution in [0.4, 0.5) is 4.39 Å². The van der Waals surface area contributed by atoms with Crippen LogP contribution in [0.15, 0.2) is 24.3 Å². The molecule has 1 aliphatic heterocycles. The van der Waals surface area contributed by atoms with Gasteiger partial charge in [0.15, 0.2) is 0 Å². The van der Waals surface area contributed by atoms with Crippen LogP contribution in [0.1, 0.15) is 38.3 Å². The molecule has 1 heterocycles. The molecule has 17 heavy (non-hydrogen) atoms. The zero-order valence-electron chi connectivity index (χ0n) is 10.6. The maximum atomic E-state index is 13.1. The minimum atomic E-state index is -0.210. The van der Waals surface area contributed by atoms with Gasteiger partial charge in [-0.25, -0.2) is 4.39 Å². The third-order valence-electron chi connectivity index (χ3n) is 3.77. The van der Waals surface area contributed by atoms with E-state index < -0.39 is 0 Å². The van der Waals surface area contributed by atoms with E-state index in [0.29, 0.717) is 0 Å². The fraction of sp³-hybridized carbons (Fsp3) is 0.571. The highest BCUT2D eigenvalue weighted by molar-refractivity contribution is 5.20. The molecule has 0 aliphatic carbocycles. The summed E-state index contributed by atoms with van der Waals surface area (Å²) in [6, 6.07) is 6.50. The molecule has 1 fully saturated rings. The second kappa shape index (κ2) is 4.75. The number of halogens is 1. The van der Waals surface area contributed by atoms with Crippen molar-refractivity contribution in [2.24, 2.45) is 5.73 Å². The molecule has 2 N–H and O–H groups in total. The Balaban J connectivity index is 2.04. The molecule has 94 valence electrons. The van der Waals surface area contributed by atoms with Gasteiger partial charge in [0, 0.05) is 18.1 Å². The third-order valence-corrected chi connectivity index (χ3v) is 3.77. The van der Waals surface area contributed by atoms with Crippen LogP contribution in [0.25, 0.3) is 0 Å². The number of likely N-dealkylation sites (tertiary alicyclic amines) is 1. The van der Waals surface area contributed by atoms with Crippen LogP contribution in [0.2, 0.25) is 0 Å². The molecular weight excluding hydrogens is 215 g/mol. The molecular formula is C14H21FN2. The maximum Gasteiger partial charge on any atom is 0.123 e. The normalized spacial score (nSPS) is 21.6. The zero-order valence-corrected chi connectivity index (χ0v) is 10.6. The fourth-order valence-corrected chi connectivity index (χ4v) is 2.58. The summed E-state index contributed by atoms with van der Waals surface area (Å²) in [5.74, 6) is -0.210. The summed E-state index contributed by atoms with van der Waals surface area (Å²) in [5.41, 5.74) is 7.27. The van der Waals surface area contributed by atoms with Crippen LogP contribution in [0.5, 0.6) is 0 Å². The topological polar surface area (TPSA) is 29.3 Å². The number of rotatable bonds is 3. The third kappa shape index (κ3) is 2.85. The van der Waals surface area contributed by atoms with Crippen molar-refractivity contribution in [3.8, 4) is 0 Å². The van der Waals surface area contributed by atoms with E-state index >= 15 is 0 Å². The Kier molecular flexibility index (Phi) is 3.50. The first-order valence-corrected chi connectivity index (χ1v) is 6.25. The molecule has 1 unspecified atom stereocenters. The standard InChI is InChI=1S/C14H21FN2/c1-14(2)7-4-8-17(14)10-13(16)11-5-3-6-12(15)9-11/h3,5-6,9,13H,4,7-8,10,16H2,1-2H3. The van der Waals surface area contributed by atoms with E-state index in [4.69, 9.17) is 5.73 Å². The average Bonchev–Trinajstić information content (AvgIpc) is 2.58. The average molecular weight is 236 g/mol. The number of hydrogen-bond acceptors (Lipinski definition) is 2. The molecule has 0 aromatic heterocycles. The Labute approximate surface area is 103 Å². The van der Waals surface area contributed by atoms with Crippen LogP contribution in [0.3, 0.4) is 0 Å². The molecule has 3 heteroatoms. The lowest BCUT2D eigenvalue weighted by Crippen LogP contribution is -2.42. The van der Waals surface area contributed by atoms with E-state index in [2.05, 4.69) is 18.7 Å². The number of nitrogens with two attached hydrogens (primary N) is 1. The molecule has 0 radical (unpaired) electrons. The first kappa shape index (κ1) is 12.5. The van der Waals surface area contributed by atoms with Crippen molar-refractivity contribution in [2.75, 3.05) is 13.1 Å².